The largest absolute Gasteiger partial charge is 0.394 e. The maximum Gasteiger partial charge on any atom is 0.104 e. The molecule has 0 fully saturated rings. The molecule has 0 rings (SSSR count). The summed E-state index contributed by atoms with van der Waals surface area (Å²) in [4.78, 5) is 0. The van der Waals surface area contributed by atoms with Gasteiger partial charge in [-0.15, -0.1) is 0 Å². The SMILES string of the molecule is CCCCCOCC(CO)OC(CO)COCCCCC. The quantitative estimate of drug-likeness (QED) is 0.428. The van der Waals surface area contributed by atoms with Gasteiger partial charge in [0.15, 0.2) is 0 Å². The Morgan fingerprint density at radius 2 is 1.14 bits per heavy atom. The molecule has 0 aliphatic carbocycles. The van der Waals surface area contributed by atoms with Crippen LogP contribution in [0.4, 0.5) is 0 Å². The number of hydrogen-bond acceptors (Lipinski definition) is 5. The second-order valence-corrected chi connectivity index (χ2v) is 5.31. The van der Waals surface area contributed by atoms with E-state index in [1.807, 2.05) is 0 Å². The van der Waals surface area contributed by atoms with E-state index in [1.54, 1.807) is 0 Å². The van der Waals surface area contributed by atoms with Gasteiger partial charge in [-0.2, -0.15) is 0 Å². The molecular formula is C16H34O5. The molecule has 5 nitrogen and oxygen atoms in total. The molecule has 5 heteroatoms. The summed E-state index contributed by atoms with van der Waals surface area (Å²) in [5.74, 6) is 0. The average molecular weight is 306 g/mol. The molecule has 0 saturated carbocycles. The fourth-order valence-electron chi connectivity index (χ4n) is 1.88. The van der Waals surface area contributed by atoms with Crippen LogP contribution in [0.25, 0.3) is 0 Å². The number of hydrogen-bond donors (Lipinski definition) is 2. The Bertz CT molecular complexity index is 181. The molecule has 21 heavy (non-hydrogen) atoms. The third-order valence-corrected chi connectivity index (χ3v) is 3.18. The van der Waals surface area contributed by atoms with Crippen molar-refractivity contribution in [2.75, 3.05) is 39.6 Å². The first kappa shape index (κ1) is 20.8. The van der Waals surface area contributed by atoms with Crippen molar-refractivity contribution >= 4 is 0 Å². The van der Waals surface area contributed by atoms with E-state index in [0.29, 0.717) is 26.4 Å². The summed E-state index contributed by atoms with van der Waals surface area (Å²) in [6.45, 7) is 6.15. The Morgan fingerprint density at radius 1 is 0.714 bits per heavy atom. The molecule has 2 unspecified atom stereocenters. The monoisotopic (exact) mass is 306 g/mol. The van der Waals surface area contributed by atoms with Crippen molar-refractivity contribution in [3.8, 4) is 0 Å². The normalized spacial score (nSPS) is 14.3. The molecule has 0 bridgehead atoms. The smallest absolute Gasteiger partial charge is 0.104 e. The van der Waals surface area contributed by atoms with E-state index in [0.717, 1.165) is 38.5 Å². The molecule has 0 aliphatic rings. The van der Waals surface area contributed by atoms with E-state index in [9.17, 15) is 10.2 Å². The van der Waals surface area contributed by atoms with Gasteiger partial charge in [-0.05, 0) is 12.8 Å². The number of rotatable bonds is 16. The maximum absolute atomic E-state index is 9.29. The first-order chi connectivity index (χ1) is 10.3. The molecule has 0 radical (unpaired) electrons. The summed E-state index contributed by atoms with van der Waals surface area (Å²) in [5.41, 5.74) is 0. The lowest BCUT2D eigenvalue weighted by Gasteiger charge is -2.22. The van der Waals surface area contributed by atoms with Gasteiger partial charge in [-0.1, -0.05) is 39.5 Å². The van der Waals surface area contributed by atoms with Crippen molar-refractivity contribution < 1.29 is 24.4 Å². The summed E-state index contributed by atoms with van der Waals surface area (Å²) < 4.78 is 16.6. The maximum atomic E-state index is 9.29. The molecule has 0 aromatic carbocycles. The predicted molar refractivity (Wildman–Crippen MR) is 83.5 cm³/mol. The molecule has 2 atom stereocenters. The number of unbranched alkanes of at least 4 members (excludes halogenated alkanes) is 4. The van der Waals surface area contributed by atoms with Crippen LogP contribution >= 0.6 is 0 Å². The van der Waals surface area contributed by atoms with Crippen LogP contribution in [0.15, 0.2) is 0 Å². The van der Waals surface area contributed by atoms with Crippen LogP contribution < -0.4 is 0 Å². The van der Waals surface area contributed by atoms with Gasteiger partial charge in [0.1, 0.15) is 12.2 Å². The van der Waals surface area contributed by atoms with Crippen LogP contribution in [0, 0.1) is 0 Å². The minimum Gasteiger partial charge on any atom is -0.394 e. The fourth-order valence-corrected chi connectivity index (χ4v) is 1.88. The first-order valence-electron chi connectivity index (χ1n) is 8.31. The Labute approximate surface area is 129 Å². The highest BCUT2D eigenvalue weighted by Gasteiger charge is 2.16. The van der Waals surface area contributed by atoms with Gasteiger partial charge < -0.3 is 24.4 Å². The van der Waals surface area contributed by atoms with Gasteiger partial charge in [0.25, 0.3) is 0 Å². The second-order valence-electron chi connectivity index (χ2n) is 5.31. The van der Waals surface area contributed by atoms with Crippen molar-refractivity contribution in [3.05, 3.63) is 0 Å². The summed E-state index contributed by atoms with van der Waals surface area (Å²) in [6, 6.07) is 0. The fraction of sp³-hybridized carbons (Fsp3) is 1.00. The Kier molecular flexibility index (Phi) is 16.0. The molecule has 0 spiro atoms. The molecule has 0 aromatic heterocycles. The van der Waals surface area contributed by atoms with Crippen LogP contribution in [0.1, 0.15) is 52.4 Å². The minimum atomic E-state index is -0.400. The highest BCUT2D eigenvalue weighted by molar-refractivity contribution is 4.61. The van der Waals surface area contributed by atoms with Crippen LogP contribution in [-0.2, 0) is 14.2 Å². The highest BCUT2D eigenvalue weighted by atomic mass is 16.6. The molecule has 0 heterocycles. The zero-order chi connectivity index (χ0) is 15.8. The molecular weight excluding hydrogens is 272 g/mol. The first-order valence-corrected chi connectivity index (χ1v) is 8.31. The minimum absolute atomic E-state index is 0.111. The molecule has 0 saturated heterocycles. The van der Waals surface area contributed by atoms with Crippen molar-refractivity contribution in [2.45, 2.75) is 64.6 Å². The van der Waals surface area contributed by atoms with Crippen LogP contribution in [-0.4, -0.2) is 62.1 Å². The third-order valence-electron chi connectivity index (χ3n) is 3.18. The van der Waals surface area contributed by atoms with E-state index in [2.05, 4.69) is 13.8 Å². The van der Waals surface area contributed by atoms with Crippen LogP contribution in [0.5, 0.6) is 0 Å². The predicted octanol–water partition coefficient (Wildman–Crippen LogP) is 2.14. The van der Waals surface area contributed by atoms with Gasteiger partial charge in [0.2, 0.25) is 0 Å². The third kappa shape index (κ3) is 13.2. The molecule has 0 aromatic rings. The molecule has 0 amide bonds. The summed E-state index contributed by atoms with van der Waals surface area (Å²) in [7, 11) is 0. The molecule has 128 valence electrons. The van der Waals surface area contributed by atoms with Crippen molar-refractivity contribution in [2.24, 2.45) is 0 Å². The average Bonchev–Trinajstić information content (AvgIpc) is 2.51. The summed E-state index contributed by atoms with van der Waals surface area (Å²) in [6.07, 6.45) is 5.87. The standard InChI is InChI=1S/C16H34O5/c1-3-5-7-9-19-13-15(11-17)21-16(12-18)14-20-10-8-6-4-2/h15-18H,3-14H2,1-2H3. The van der Waals surface area contributed by atoms with E-state index >= 15 is 0 Å². The lowest BCUT2D eigenvalue weighted by atomic mass is 10.3. The van der Waals surface area contributed by atoms with Gasteiger partial charge in [0.05, 0.1) is 26.4 Å². The van der Waals surface area contributed by atoms with E-state index in [4.69, 9.17) is 14.2 Å². The molecule has 2 N–H and O–H groups in total. The van der Waals surface area contributed by atoms with Gasteiger partial charge in [-0.3, -0.25) is 0 Å². The second kappa shape index (κ2) is 16.2. The van der Waals surface area contributed by atoms with Crippen molar-refractivity contribution in [1.82, 2.24) is 0 Å². The van der Waals surface area contributed by atoms with Gasteiger partial charge in [0, 0.05) is 13.2 Å². The van der Waals surface area contributed by atoms with E-state index in [-0.39, 0.29) is 13.2 Å². The van der Waals surface area contributed by atoms with Crippen LogP contribution in [0.2, 0.25) is 0 Å². The molecule has 0 aliphatic heterocycles. The zero-order valence-electron chi connectivity index (χ0n) is 13.8. The van der Waals surface area contributed by atoms with E-state index < -0.39 is 12.2 Å². The lowest BCUT2D eigenvalue weighted by molar-refractivity contribution is -0.115. The Hall–Kier alpha value is -0.200. The topological polar surface area (TPSA) is 68.2 Å². The Morgan fingerprint density at radius 3 is 1.48 bits per heavy atom. The highest BCUT2D eigenvalue weighted by Crippen LogP contribution is 2.03. The number of aliphatic hydroxyl groups excluding tert-OH is 2. The van der Waals surface area contributed by atoms with Crippen LogP contribution in [0.3, 0.4) is 0 Å². The summed E-state index contributed by atoms with van der Waals surface area (Å²) in [5, 5.41) is 18.6. The Balaban J connectivity index is 3.73. The number of aliphatic hydroxyl groups is 2. The van der Waals surface area contributed by atoms with Crippen molar-refractivity contribution in [3.63, 3.8) is 0 Å². The lowest BCUT2D eigenvalue weighted by Crippen LogP contribution is -2.34. The van der Waals surface area contributed by atoms with Crippen molar-refractivity contribution in [1.29, 1.82) is 0 Å². The summed E-state index contributed by atoms with van der Waals surface area (Å²) >= 11 is 0. The van der Waals surface area contributed by atoms with E-state index in [1.165, 1.54) is 0 Å². The number of ether oxygens (including phenoxy) is 3. The zero-order valence-corrected chi connectivity index (χ0v) is 13.8. The van der Waals surface area contributed by atoms with Gasteiger partial charge in [-0.25, -0.2) is 0 Å². The van der Waals surface area contributed by atoms with Gasteiger partial charge >= 0.3 is 0 Å².